The highest BCUT2D eigenvalue weighted by Gasteiger charge is 2.17. The van der Waals surface area contributed by atoms with Crippen molar-refractivity contribution in [2.45, 2.75) is 13.2 Å². The van der Waals surface area contributed by atoms with Crippen molar-refractivity contribution in [3.05, 3.63) is 35.9 Å². The molecule has 6 nitrogen and oxygen atoms in total. The minimum atomic E-state index is 0.238. The number of ether oxygens (including phenoxy) is 3. The van der Waals surface area contributed by atoms with Crippen molar-refractivity contribution in [3.8, 4) is 17.2 Å². The first kappa shape index (κ1) is 11.9. The number of nitrogens with two attached hydrogens (primary N) is 1. The SMILES string of the molecule is Cn1ccnc1COc1cc2c(cc1CN)OCO2. The Hall–Kier alpha value is -2.21. The molecule has 6 heteroatoms. The van der Waals surface area contributed by atoms with Crippen LogP contribution in [0.4, 0.5) is 0 Å². The van der Waals surface area contributed by atoms with Crippen LogP contribution >= 0.6 is 0 Å². The van der Waals surface area contributed by atoms with E-state index in [-0.39, 0.29) is 6.79 Å². The fraction of sp³-hybridized carbons (Fsp3) is 0.308. The average molecular weight is 261 g/mol. The van der Waals surface area contributed by atoms with Gasteiger partial charge in [-0.1, -0.05) is 0 Å². The second-order valence-electron chi connectivity index (χ2n) is 4.26. The molecule has 0 saturated carbocycles. The van der Waals surface area contributed by atoms with Gasteiger partial charge in [0.05, 0.1) is 0 Å². The van der Waals surface area contributed by atoms with Crippen molar-refractivity contribution >= 4 is 0 Å². The lowest BCUT2D eigenvalue weighted by atomic mass is 10.2. The molecule has 0 unspecified atom stereocenters. The predicted molar refractivity (Wildman–Crippen MR) is 68.0 cm³/mol. The third kappa shape index (κ3) is 2.22. The van der Waals surface area contributed by atoms with E-state index >= 15 is 0 Å². The molecule has 1 aliphatic rings. The van der Waals surface area contributed by atoms with Crippen LogP contribution in [0.1, 0.15) is 11.4 Å². The Balaban J connectivity index is 1.82. The van der Waals surface area contributed by atoms with E-state index in [0.29, 0.717) is 30.4 Å². The number of aryl methyl sites for hydroxylation is 1. The maximum absolute atomic E-state index is 5.78. The van der Waals surface area contributed by atoms with E-state index in [1.165, 1.54) is 0 Å². The van der Waals surface area contributed by atoms with Gasteiger partial charge >= 0.3 is 0 Å². The number of aromatic nitrogens is 2. The van der Waals surface area contributed by atoms with Crippen molar-refractivity contribution in [3.63, 3.8) is 0 Å². The molecule has 3 rings (SSSR count). The Morgan fingerprint density at radius 1 is 1.37 bits per heavy atom. The van der Waals surface area contributed by atoms with Crippen LogP contribution in [0.2, 0.25) is 0 Å². The van der Waals surface area contributed by atoms with Gasteiger partial charge in [0.15, 0.2) is 11.5 Å². The number of hydrogen-bond donors (Lipinski definition) is 1. The van der Waals surface area contributed by atoms with E-state index in [1.54, 1.807) is 6.20 Å². The van der Waals surface area contributed by atoms with Gasteiger partial charge < -0.3 is 24.5 Å². The van der Waals surface area contributed by atoms with Gasteiger partial charge in [-0.05, 0) is 6.07 Å². The predicted octanol–water partition coefficient (Wildman–Crippen LogP) is 1.19. The molecule has 1 aromatic carbocycles. The summed E-state index contributed by atoms with van der Waals surface area (Å²) in [6, 6.07) is 3.67. The molecule has 2 aromatic rings. The van der Waals surface area contributed by atoms with Crippen molar-refractivity contribution in [2.75, 3.05) is 6.79 Å². The zero-order valence-corrected chi connectivity index (χ0v) is 10.6. The molecule has 0 atom stereocenters. The summed E-state index contributed by atoms with van der Waals surface area (Å²) < 4.78 is 18.3. The van der Waals surface area contributed by atoms with Gasteiger partial charge in [-0.3, -0.25) is 0 Å². The summed E-state index contributed by atoms with van der Waals surface area (Å²) >= 11 is 0. The summed E-state index contributed by atoms with van der Waals surface area (Å²) in [6.07, 6.45) is 3.62. The molecule has 0 fully saturated rings. The number of benzene rings is 1. The molecule has 0 amide bonds. The van der Waals surface area contributed by atoms with Crippen LogP contribution in [0.5, 0.6) is 17.2 Å². The summed E-state index contributed by atoms with van der Waals surface area (Å²) in [4.78, 5) is 4.21. The van der Waals surface area contributed by atoms with E-state index in [2.05, 4.69) is 4.98 Å². The minimum Gasteiger partial charge on any atom is -0.485 e. The molecular weight excluding hydrogens is 246 g/mol. The quantitative estimate of drug-likeness (QED) is 0.895. The minimum absolute atomic E-state index is 0.238. The first-order chi connectivity index (χ1) is 9.28. The third-order valence-electron chi connectivity index (χ3n) is 3.05. The summed E-state index contributed by atoms with van der Waals surface area (Å²) in [7, 11) is 1.93. The van der Waals surface area contributed by atoms with Gasteiger partial charge in [-0.2, -0.15) is 0 Å². The molecule has 1 aliphatic heterocycles. The first-order valence-corrected chi connectivity index (χ1v) is 5.99. The zero-order chi connectivity index (χ0) is 13.2. The number of rotatable bonds is 4. The Bertz CT molecular complexity index is 595. The lowest BCUT2D eigenvalue weighted by Gasteiger charge is -2.11. The van der Waals surface area contributed by atoms with Gasteiger partial charge in [0.25, 0.3) is 0 Å². The second kappa shape index (κ2) is 4.81. The van der Waals surface area contributed by atoms with Gasteiger partial charge in [0.2, 0.25) is 6.79 Å². The summed E-state index contributed by atoms with van der Waals surface area (Å²) in [5.41, 5.74) is 6.61. The molecule has 0 saturated heterocycles. The maximum Gasteiger partial charge on any atom is 0.231 e. The second-order valence-corrected chi connectivity index (χ2v) is 4.26. The van der Waals surface area contributed by atoms with Crippen molar-refractivity contribution in [2.24, 2.45) is 12.8 Å². The number of hydrogen-bond acceptors (Lipinski definition) is 5. The average Bonchev–Trinajstić information content (AvgIpc) is 3.03. The van der Waals surface area contributed by atoms with E-state index in [1.807, 2.05) is 29.9 Å². The molecule has 100 valence electrons. The Kier molecular flexibility index (Phi) is 3.00. The van der Waals surface area contributed by atoms with E-state index in [0.717, 1.165) is 11.4 Å². The summed E-state index contributed by atoms with van der Waals surface area (Å²) in [5, 5.41) is 0. The molecule has 2 N–H and O–H groups in total. The Labute approximate surface area is 110 Å². The molecular formula is C13H15N3O3. The topological polar surface area (TPSA) is 71.5 Å². The highest BCUT2D eigenvalue weighted by molar-refractivity contribution is 5.51. The van der Waals surface area contributed by atoms with E-state index in [9.17, 15) is 0 Å². The summed E-state index contributed by atoms with van der Waals surface area (Å²) in [6.45, 7) is 1.00. The Morgan fingerprint density at radius 2 is 2.16 bits per heavy atom. The molecule has 1 aromatic heterocycles. The number of fused-ring (bicyclic) bond motifs is 1. The lowest BCUT2D eigenvalue weighted by molar-refractivity contribution is 0.173. The van der Waals surface area contributed by atoms with Crippen LogP contribution in [0, 0.1) is 0 Å². The zero-order valence-electron chi connectivity index (χ0n) is 10.6. The van der Waals surface area contributed by atoms with Crippen molar-refractivity contribution < 1.29 is 14.2 Å². The third-order valence-corrected chi connectivity index (χ3v) is 3.05. The number of imidazole rings is 1. The summed E-state index contributed by atoms with van der Waals surface area (Å²) in [5.74, 6) is 2.95. The molecule has 0 radical (unpaired) electrons. The highest BCUT2D eigenvalue weighted by atomic mass is 16.7. The normalized spacial score (nSPS) is 12.7. The van der Waals surface area contributed by atoms with Gasteiger partial charge in [-0.15, -0.1) is 0 Å². The van der Waals surface area contributed by atoms with E-state index < -0.39 is 0 Å². The van der Waals surface area contributed by atoms with Gasteiger partial charge in [0.1, 0.15) is 18.2 Å². The van der Waals surface area contributed by atoms with Gasteiger partial charge in [-0.25, -0.2) is 4.98 Å². The van der Waals surface area contributed by atoms with Crippen LogP contribution in [-0.2, 0) is 20.2 Å². The highest BCUT2D eigenvalue weighted by Crippen LogP contribution is 2.38. The van der Waals surface area contributed by atoms with Gasteiger partial charge in [0, 0.05) is 37.6 Å². The van der Waals surface area contributed by atoms with Crippen LogP contribution in [0.3, 0.4) is 0 Å². The maximum atomic E-state index is 5.78. The molecule has 0 aliphatic carbocycles. The van der Waals surface area contributed by atoms with E-state index in [4.69, 9.17) is 19.9 Å². The largest absolute Gasteiger partial charge is 0.485 e. The monoisotopic (exact) mass is 261 g/mol. The van der Waals surface area contributed by atoms with Crippen LogP contribution in [-0.4, -0.2) is 16.3 Å². The standard InChI is InChI=1S/C13H15N3O3/c1-16-3-2-15-13(16)7-17-10-5-12-11(18-8-19-12)4-9(10)6-14/h2-5H,6-8,14H2,1H3. The van der Waals surface area contributed by atoms with Crippen molar-refractivity contribution in [1.82, 2.24) is 9.55 Å². The molecule has 0 spiro atoms. The van der Waals surface area contributed by atoms with Crippen LogP contribution in [0.25, 0.3) is 0 Å². The number of nitrogens with zero attached hydrogens (tertiary/aromatic N) is 2. The Morgan fingerprint density at radius 3 is 2.84 bits per heavy atom. The first-order valence-electron chi connectivity index (χ1n) is 5.99. The van der Waals surface area contributed by atoms with Crippen LogP contribution < -0.4 is 19.9 Å². The fourth-order valence-electron chi connectivity index (χ4n) is 1.94. The molecule has 2 heterocycles. The lowest BCUT2D eigenvalue weighted by Crippen LogP contribution is -2.06. The fourth-order valence-corrected chi connectivity index (χ4v) is 1.94. The molecule has 19 heavy (non-hydrogen) atoms. The smallest absolute Gasteiger partial charge is 0.231 e. The molecule has 0 bridgehead atoms. The van der Waals surface area contributed by atoms with Crippen LogP contribution in [0.15, 0.2) is 24.5 Å². The van der Waals surface area contributed by atoms with Crippen molar-refractivity contribution in [1.29, 1.82) is 0 Å².